The van der Waals surface area contributed by atoms with Crippen molar-refractivity contribution in [2.24, 2.45) is 5.92 Å². The van der Waals surface area contributed by atoms with E-state index in [1.165, 1.54) is 10.9 Å². The molecule has 0 bridgehead atoms. The summed E-state index contributed by atoms with van der Waals surface area (Å²) < 4.78 is 20.2. The van der Waals surface area contributed by atoms with E-state index in [0.717, 1.165) is 24.6 Å². The normalized spacial score (nSPS) is 20.7. The van der Waals surface area contributed by atoms with Crippen molar-refractivity contribution in [1.29, 1.82) is 0 Å². The first-order chi connectivity index (χ1) is 18.0. The van der Waals surface area contributed by atoms with Crippen molar-refractivity contribution < 1.29 is 23.5 Å². The van der Waals surface area contributed by atoms with Gasteiger partial charge in [0, 0.05) is 25.8 Å². The van der Waals surface area contributed by atoms with Gasteiger partial charge in [-0.15, -0.1) is 0 Å². The molecule has 2 aromatic rings. The highest BCUT2D eigenvalue weighted by Gasteiger charge is 2.55. The van der Waals surface area contributed by atoms with Crippen molar-refractivity contribution in [2.45, 2.75) is 70.6 Å². The lowest BCUT2D eigenvalue weighted by molar-refractivity contribution is -0.171. The molecule has 38 heavy (non-hydrogen) atoms. The van der Waals surface area contributed by atoms with Crippen LogP contribution in [0.1, 0.15) is 65.0 Å². The Labute approximate surface area is 221 Å². The standard InChI is InChI=1S/C27H35FN6O4/c1-18(20-7-8-22(29-13-20)34-16-21(28)14-30-34)32-17-23(35)33(15-19-5-6-19)27(24(32)36)9-11-31(12-10-27)25(37)38-26(2,3)4/h7-8,13-14,16,18-19H,5-6,9-12,15,17H2,1-4H3/t18-/m0/s1. The summed E-state index contributed by atoms with van der Waals surface area (Å²) in [4.78, 5) is 49.9. The molecule has 1 aliphatic carbocycles. The molecule has 2 aliphatic heterocycles. The van der Waals surface area contributed by atoms with E-state index in [1.807, 2.05) is 33.8 Å². The SMILES string of the molecule is C[C@@H](c1ccc(-n2cc(F)cn2)nc1)N1CC(=O)N(CC2CC2)C2(CCN(C(=O)OC(C)(C)C)CC2)C1=O. The second kappa shape index (κ2) is 9.67. The fourth-order valence-electron chi connectivity index (χ4n) is 5.33. The summed E-state index contributed by atoms with van der Waals surface area (Å²) in [6.45, 7) is 8.62. The van der Waals surface area contributed by atoms with Gasteiger partial charge in [0.25, 0.3) is 0 Å². The number of amides is 3. The van der Waals surface area contributed by atoms with Gasteiger partial charge in [-0.3, -0.25) is 9.59 Å². The molecule has 1 spiro atoms. The van der Waals surface area contributed by atoms with E-state index in [9.17, 15) is 18.8 Å². The molecule has 0 N–H and O–H groups in total. The smallest absolute Gasteiger partial charge is 0.410 e. The molecule has 3 fully saturated rings. The lowest BCUT2D eigenvalue weighted by Crippen LogP contribution is -2.71. The zero-order valence-electron chi connectivity index (χ0n) is 22.4. The van der Waals surface area contributed by atoms with Crippen LogP contribution in [-0.2, 0) is 14.3 Å². The van der Waals surface area contributed by atoms with Gasteiger partial charge in [0.2, 0.25) is 11.8 Å². The van der Waals surface area contributed by atoms with Crippen molar-refractivity contribution in [3.8, 4) is 5.82 Å². The van der Waals surface area contributed by atoms with E-state index < -0.39 is 29.1 Å². The van der Waals surface area contributed by atoms with Gasteiger partial charge < -0.3 is 19.4 Å². The Kier molecular flexibility index (Phi) is 6.65. The summed E-state index contributed by atoms with van der Waals surface area (Å²) in [6, 6.07) is 3.13. The van der Waals surface area contributed by atoms with Gasteiger partial charge in [0.05, 0.1) is 18.4 Å². The molecular formula is C27H35FN6O4. The predicted octanol–water partition coefficient (Wildman–Crippen LogP) is 3.32. The second-order valence-electron chi connectivity index (χ2n) is 11.6. The highest BCUT2D eigenvalue weighted by molar-refractivity contribution is 5.98. The molecule has 10 nitrogen and oxygen atoms in total. The summed E-state index contributed by atoms with van der Waals surface area (Å²) in [6.07, 6.45) is 6.45. The van der Waals surface area contributed by atoms with Crippen LogP contribution in [0.3, 0.4) is 0 Å². The quantitative estimate of drug-likeness (QED) is 0.593. The number of carbonyl (C=O) groups excluding carboxylic acids is 3. The monoisotopic (exact) mass is 526 g/mol. The minimum Gasteiger partial charge on any atom is -0.444 e. The van der Waals surface area contributed by atoms with Crippen LogP contribution in [0.4, 0.5) is 9.18 Å². The zero-order chi connectivity index (χ0) is 27.2. The van der Waals surface area contributed by atoms with Gasteiger partial charge in [-0.1, -0.05) is 6.07 Å². The van der Waals surface area contributed by atoms with E-state index in [1.54, 1.807) is 27.0 Å². The number of aromatic nitrogens is 3. The Morgan fingerprint density at radius 3 is 2.45 bits per heavy atom. The first-order valence-electron chi connectivity index (χ1n) is 13.2. The average molecular weight is 527 g/mol. The summed E-state index contributed by atoms with van der Waals surface area (Å²) in [5, 5.41) is 3.93. The van der Waals surface area contributed by atoms with Crippen LogP contribution in [0, 0.1) is 11.7 Å². The molecule has 0 unspecified atom stereocenters. The van der Waals surface area contributed by atoms with Crippen LogP contribution in [0.5, 0.6) is 0 Å². The molecule has 0 aromatic carbocycles. The molecule has 4 heterocycles. The summed E-state index contributed by atoms with van der Waals surface area (Å²) >= 11 is 0. The third kappa shape index (κ3) is 5.10. The number of hydrogen-bond acceptors (Lipinski definition) is 6. The third-order valence-electron chi connectivity index (χ3n) is 7.67. The van der Waals surface area contributed by atoms with E-state index >= 15 is 0 Å². The van der Waals surface area contributed by atoms with Crippen molar-refractivity contribution in [3.63, 3.8) is 0 Å². The largest absolute Gasteiger partial charge is 0.444 e. The summed E-state index contributed by atoms with van der Waals surface area (Å²) in [7, 11) is 0. The number of likely N-dealkylation sites (tertiary alicyclic amines) is 1. The number of pyridine rings is 1. The molecule has 3 aliphatic rings. The Morgan fingerprint density at radius 1 is 1.18 bits per heavy atom. The van der Waals surface area contributed by atoms with Crippen molar-refractivity contribution in [2.75, 3.05) is 26.2 Å². The summed E-state index contributed by atoms with van der Waals surface area (Å²) in [5.74, 6) is 0.270. The molecule has 2 saturated heterocycles. The Hall–Kier alpha value is -3.50. The van der Waals surface area contributed by atoms with Crippen LogP contribution in [0.25, 0.3) is 5.82 Å². The topological polar surface area (TPSA) is 101 Å². The van der Waals surface area contributed by atoms with Crippen LogP contribution in [-0.4, -0.2) is 84.7 Å². The van der Waals surface area contributed by atoms with Gasteiger partial charge in [-0.05, 0) is 70.9 Å². The molecule has 1 saturated carbocycles. The maximum Gasteiger partial charge on any atom is 0.410 e. The second-order valence-corrected chi connectivity index (χ2v) is 11.6. The zero-order valence-corrected chi connectivity index (χ0v) is 22.4. The average Bonchev–Trinajstić information content (AvgIpc) is 3.60. The van der Waals surface area contributed by atoms with Gasteiger partial charge in [-0.2, -0.15) is 5.10 Å². The minimum absolute atomic E-state index is 0.00360. The molecule has 204 valence electrons. The van der Waals surface area contributed by atoms with Crippen LogP contribution in [0.15, 0.2) is 30.7 Å². The van der Waals surface area contributed by atoms with E-state index in [0.29, 0.717) is 44.2 Å². The lowest BCUT2D eigenvalue weighted by Gasteiger charge is -2.53. The van der Waals surface area contributed by atoms with Crippen LogP contribution in [0.2, 0.25) is 0 Å². The lowest BCUT2D eigenvalue weighted by atomic mass is 9.81. The molecule has 5 rings (SSSR count). The number of halogens is 1. The number of carbonyl (C=O) groups is 3. The molecular weight excluding hydrogens is 491 g/mol. The van der Waals surface area contributed by atoms with Crippen molar-refractivity contribution >= 4 is 17.9 Å². The first kappa shape index (κ1) is 26.1. The minimum atomic E-state index is -0.981. The number of ether oxygens (including phenoxy) is 1. The third-order valence-corrected chi connectivity index (χ3v) is 7.67. The maximum atomic E-state index is 14.2. The number of piperazine rings is 1. The highest BCUT2D eigenvalue weighted by atomic mass is 19.1. The van der Waals surface area contributed by atoms with Crippen LogP contribution < -0.4 is 0 Å². The fraction of sp³-hybridized carbons (Fsp3) is 0.593. The molecule has 2 aromatic heterocycles. The number of hydrogen-bond donors (Lipinski definition) is 0. The first-order valence-corrected chi connectivity index (χ1v) is 13.2. The van der Waals surface area contributed by atoms with Gasteiger partial charge in [-0.25, -0.2) is 18.9 Å². The van der Waals surface area contributed by atoms with Gasteiger partial charge >= 0.3 is 6.09 Å². The predicted molar refractivity (Wildman–Crippen MR) is 136 cm³/mol. The Morgan fingerprint density at radius 2 is 1.89 bits per heavy atom. The van der Waals surface area contributed by atoms with E-state index in [2.05, 4.69) is 10.1 Å². The van der Waals surface area contributed by atoms with E-state index in [4.69, 9.17) is 4.74 Å². The van der Waals surface area contributed by atoms with Gasteiger partial charge in [0.1, 0.15) is 17.7 Å². The Bertz CT molecular complexity index is 1210. The fourth-order valence-corrected chi connectivity index (χ4v) is 5.33. The molecule has 11 heteroatoms. The van der Waals surface area contributed by atoms with E-state index in [-0.39, 0.29) is 18.4 Å². The molecule has 3 amide bonds. The number of piperidine rings is 1. The molecule has 1 atom stereocenters. The number of rotatable bonds is 5. The van der Waals surface area contributed by atoms with Crippen molar-refractivity contribution in [1.82, 2.24) is 29.5 Å². The van der Waals surface area contributed by atoms with Gasteiger partial charge in [0.15, 0.2) is 11.6 Å². The van der Waals surface area contributed by atoms with Crippen molar-refractivity contribution in [3.05, 3.63) is 42.1 Å². The number of nitrogens with zero attached hydrogens (tertiary/aromatic N) is 6. The van der Waals surface area contributed by atoms with Crippen LogP contribution >= 0.6 is 0 Å². The summed E-state index contributed by atoms with van der Waals surface area (Å²) in [5.41, 5.74) is -0.827. The Balaban J connectivity index is 1.36. The molecule has 0 radical (unpaired) electrons. The maximum absolute atomic E-state index is 14.2. The highest BCUT2D eigenvalue weighted by Crippen LogP contribution is 2.41.